The number of anilines is 1. The summed E-state index contributed by atoms with van der Waals surface area (Å²) in [7, 11) is 7.28. The quantitative estimate of drug-likeness (QED) is 0.490. The van der Waals surface area contributed by atoms with E-state index in [2.05, 4.69) is 37.2 Å². The number of aromatic nitrogens is 3. The van der Waals surface area contributed by atoms with Crippen LogP contribution >= 0.6 is 0 Å². The van der Waals surface area contributed by atoms with Gasteiger partial charge >= 0.3 is 0 Å². The maximum Gasteiger partial charge on any atom is 0.199 e. The van der Waals surface area contributed by atoms with Gasteiger partial charge in [-0.1, -0.05) is 0 Å². The van der Waals surface area contributed by atoms with Crippen molar-refractivity contribution in [3.8, 4) is 17.4 Å². The lowest BCUT2D eigenvalue weighted by molar-refractivity contribution is -0.140. The molecule has 1 aromatic carbocycles. The van der Waals surface area contributed by atoms with Gasteiger partial charge in [-0.3, -0.25) is 9.83 Å². The molecule has 0 saturated carbocycles. The molecule has 0 atom stereocenters. The molecular formula is C25H35N7O4. The van der Waals surface area contributed by atoms with Crippen LogP contribution in [0.2, 0.25) is 0 Å². The van der Waals surface area contributed by atoms with Crippen molar-refractivity contribution >= 4 is 28.8 Å². The molecule has 0 amide bonds. The minimum atomic E-state index is -0.0204. The maximum absolute atomic E-state index is 10.6. The van der Waals surface area contributed by atoms with Gasteiger partial charge in [0, 0.05) is 44.5 Å². The van der Waals surface area contributed by atoms with Gasteiger partial charge in [-0.05, 0) is 38.9 Å². The average Bonchev–Trinajstić information content (AvgIpc) is 3.19. The van der Waals surface area contributed by atoms with E-state index in [0.717, 1.165) is 37.9 Å². The Morgan fingerprint density at radius 1 is 1.06 bits per heavy atom. The van der Waals surface area contributed by atoms with Crippen LogP contribution in [0.3, 0.4) is 0 Å². The van der Waals surface area contributed by atoms with E-state index < -0.39 is 0 Å². The number of H-pyrrole nitrogens is 1. The summed E-state index contributed by atoms with van der Waals surface area (Å²) in [4.78, 5) is 24.4. The molecule has 4 rings (SSSR count). The lowest BCUT2D eigenvalue weighted by Crippen LogP contribution is -2.24. The molecule has 3 N–H and O–H groups in total. The Morgan fingerprint density at radius 3 is 2.72 bits per heavy atom. The zero-order valence-electron chi connectivity index (χ0n) is 21.4. The number of benzene rings is 1. The number of nitrogens with zero attached hydrogens (tertiary/aromatic N) is 5. The van der Waals surface area contributed by atoms with Crippen LogP contribution in [-0.2, 0) is 11.4 Å². The molecule has 1 aliphatic heterocycles. The Bertz CT molecular complexity index is 1200. The number of aliphatic imine (C=N–C) groups is 1. The Hall–Kier alpha value is -3.41. The Labute approximate surface area is 211 Å². The summed E-state index contributed by atoms with van der Waals surface area (Å²) in [5, 5.41) is 16.5. The van der Waals surface area contributed by atoms with Gasteiger partial charge < -0.3 is 29.8 Å². The summed E-state index contributed by atoms with van der Waals surface area (Å²) in [6, 6.07) is 3.80. The van der Waals surface area contributed by atoms with Crippen LogP contribution in [0.5, 0.6) is 17.4 Å². The van der Waals surface area contributed by atoms with Gasteiger partial charge in [0.05, 0.1) is 37.5 Å². The van der Waals surface area contributed by atoms with Crippen molar-refractivity contribution in [3.05, 3.63) is 29.6 Å². The van der Waals surface area contributed by atoms with Crippen LogP contribution < -0.4 is 14.8 Å². The Kier molecular flexibility index (Phi) is 8.57. The summed E-state index contributed by atoms with van der Waals surface area (Å²) >= 11 is 0. The second-order valence-corrected chi connectivity index (χ2v) is 8.84. The van der Waals surface area contributed by atoms with Crippen LogP contribution in [0.15, 0.2) is 23.5 Å². The molecule has 2 bridgehead atoms. The highest BCUT2D eigenvalue weighted by Crippen LogP contribution is 2.37. The van der Waals surface area contributed by atoms with Gasteiger partial charge in [0.1, 0.15) is 17.8 Å². The monoisotopic (exact) mass is 497 g/mol. The molecule has 0 unspecified atom stereocenters. The predicted octanol–water partition coefficient (Wildman–Crippen LogP) is 3.32. The van der Waals surface area contributed by atoms with Gasteiger partial charge in [-0.15, -0.1) is 0 Å². The highest BCUT2D eigenvalue weighted by atomic mass is 16.7. The van der Waals surface area contributed by atoms with Crippen molar-refractivity contribution in [2.75, 3.05) is 59.9 Å². The van der Waals surface area contributed by atoms with E-state index in [9.17, 15) is 5.11 Å². The van der Waals surface area contributed by atoms with Gasteiger partial charge in [0.25, 0.3) is 0 Å². The van der Waals surface area contributed by atoms with Crippen molar-refractivity contribution < 1.29 is 19.4 Å². The average molecular weight is 498 g/mol. The number of aromatic amines is 1. The summed E-state index contributed by atoms with van der Waals surface area (Å²) in [5.41, 5.74) is 2.69. The topological polar surface area (TPSA) is 120 Å². The molecule has 0 radical (unpaired) electrons. The molecule has 11 nitrogen and oxygen atoms in total. The van der Waals surface area contributed by atoms with Gasteiger partial charge in [-0.2, -0.15) is 5.06 Å². The van der Waals surface area contributed by atoms with Gasteiger partial charge in [-0.25, -0.2) is 9.97 Å². The van der Waals surface area contributed by atoms with Crippen LogP contribution in [0.4, 0.5) is 11.5 Å². The zero-order valence-corrected chi connectivity index (χ0v) is 21.4. The van der Waals surface area contributed by atoms with Crippen LogP contribution in [0.25, 0.3) is 11.0 Å². The molecule has 0 spiro atoms. The zero-order chi connectivity index (χ0) is 25.5. The summed E-state index contributed by atoms with van der Waals surface area (Å²) in [6.07, 6.45) is 5.93. The normalized spacial score (nSPS) is 17.0. The van der Waals surface area contributed by atoms with Crippen LogP contribution in [-0.4, -0.2) is 90.8 Å². The van der Waals surface area contributed by atoms with Crippen molar-refractivity contribution in [2.24, 2.45) is 4.99 Å². The molecule has 0 aliphatic carbocycles. The SMILES string of the molecule is COc1cc2cc(c1OC)CN(C)CCCCON(C)CCCNc1ncnc3[nH]c(O)c(c13)C=N2. The first-order valence-electron chi connectivity index (χ1n) is 12.1. The first-order chi connectivity index (χ1) is 17.5. The number of aromatic hydroxyl groups is 1. The Morgan fingerprint density at radius 2 is 1.92 bits per heavy atom. The number of rotatable bonds is 2. The Balaban J connectivity index is 1.73. The first-order valence-corrected chi connectivity index (χ1v) is 12.1. The minimum Gasteiger partial charge on any atom is -0.494 e. The molecule has 2 aromatic heterocycles. The molecule has 36 heavy (non-hydrogen) atoms. The van der Waals surface area contributed by atoms with Gasteiger partial charge in [0.2, 0.25) is 0 Å². The summed E-state index contributed by atoms with van der Waals surface area (Å²) < 4.78 is 11.3. The molecule has 1 aliphatic rings. The molecule has 0 saturated heterocycles. The second kappa shape index (κ2) is 12.0. The summed E-state index contributed by atoms with van der Waals surface area (Å²) in [6.45, 7) is 3.74. The number of nitrogens with one attached hydrogen (secondary N) is 2. The third-order valence-electron chi connectivity index (χ3n) is 6.12. The standard InChI is InChI=1S/C25H35N7O4/c1-31-9-5-6-11-36-32(2)10-7-8-26-23-21-19(25(33)30-24(21)29-16-28-23)14-27-18-12-17(15-31)22(35-4)20(13-18)34-3/h12-14,16,33H,5-11,15H2,1-4H3,(H2,26,28,29,30). The molecule has 11 heteroatoms. The largest absolute Gasteiger partial charge is 0.494 e. The van der Waals surface area contributed by atoms with E-state index in [-0.39, 0.29) is 5.88 Å². The smallest absolute Gasteiger partial charge is 0.199 e. The molecule has 3 heterocycles. The number of ether oxygens (including phenoxy) is 2. The number of hydroxylamine groups is 2. The van der Waals surface area contributed by atoms with Crippen molar-refractivity contribution in [1.82, 2.24) is 24.9 Å². The number of fused-ring (bicyclic) bond motifs is 2. The van der Waals surface area contributed by atoms with Crippen molar-refractivity contribution in [2.45, 2.75) is 25.8 Å². The maximum atomic E-state index is 10.6. The van der Waals surface area contributed by atoms with Crippen LogP contribution in [0, 0.1) is 0 Å². The first kappa shape index (κ1) is 25.7. The second-order valence-electron chi connectivity index (χ2n) is 8.84. The lowest BCUT2D eigenvalue weighted by Gasteiger charge is -2.21. The fourth-order valence-corrected chi connectivity index (χ4v) is 4.30. The third kappa shape index (κ3) is 6.04. The molecule has 0 fully saturated rings. The van der Waals surface area contributed by atoms with Crippen LogP contribution in [0.1, 0.15) is 30.4 Å². The number of hydrogen-bond donors (Lipinski definition) is 3. The number of methoxy groups -OCH3 is 2. The molecular weight excluding hydrogens is 462 g/mol. The van der Waals surface area contributed by atoms with E-state index in [4.69, 9.17) is 14.3 Å². The molecule has 194 valence electrons. The summed E-state index contributed by atoms with van der Waals surface area (Å²) in [5.74, 6) is 1.90. The highest BCUT2D eigenvalue weighted by Gasteiger charge is 2.17. The van der Waals surface area contributed by atoms with E-state index in [1.807, 2.05) is 24.2 Å². The lowest BCUT2D eigenvalue weighted by atomic mass is 10.1. The third-order valence-corrected chi connectivity index (χ3v) is 6.12. The van der Waals surface area contributed by atoms with E-state index in [1.165, 1.54) is 6.33 Å². The fourth-order valence-electron chi connectivity index (χ4n) is 4.30. The van der Waals surface area contributed by atoms with E-state index >= 15 is 0 Å². The molecule has 3 aromatic rings. The fraction of sp³-hybridized carbons (Fsp3) is 0.480. The van der Waals surface area contributed by atoms with E-state index in [0.29, 0.717) is 59.3 Å². The predicted molar refractivity (Wildman–Crippen MR) is 140 cm³/mol. The van der Waals surface area contributed by atoms with Gasteiger partial charge in [0.15, 0.2) is 17.4 Å². The number of hydrogen-bond acceptors (Lipinski definition) is 10. The highest BCUT2D eigenvalue weighted by molar-refractivity contribution is 6.06. The van der Waals surface area contributed by atoms with E-state index in [1.54, 1.807) is 20.4 Å². The van der Waals surface area contributed by atoms with Crippen molar-refractivity contribution in [1.29, 1.82) is 0 Å². The van der Waals surface area contributed by atoms with Crippen molar-refractivity contribution in [3.63, 3.8) is 0 Å². The minimum absolute atomic E-state index is 0.0204.